The van der Waals surface area contributed by atoms with Crippen LogP contribution in [0.15, 0.2) is 38.6 Å². The van der Waals surface area contributed by atoms with E-state index in [2.05, 4.69) is 42.5 Å². The van der Waals surface area contributed by atoms with Crippen LogP contribution in [0, 0.1) is 5.92 Å². The van der Waals surface area contributed by atoms with Gasteiger partial charge in [0.1, 0.15) is 0 Å². The van der Waals surface area contributed by atoms with E-state index in [1.54, 1.807) is 6.07 Å². The van der Waals surface area contributed by atoms with Crippen molar-refractivity contribution >= 4 is 60.7 Å². The summed E-state index contributed by atoms with van der Waals surface area (Å²) in [6, 6.07) is 9.27. The first kappa shape index (κ1) is 17.6. The van der Waals surface area contributed by atoms with Gasteiger partial charge in [0, 0.05) is 16.1 Å². The molecule has 24 heavy (non-hydrogen) atoms. The van der Waals surface area contributed by atoms with Crippen LogP contribution in [-0.2, 0) is 4.79 Å². The predicted octanol–water partition coefficient (Wildman–Crippen LogP) is 5.11. The number of thiophene rings is 1. The maximum Gasteiger partial charge on any atom is 0.261 e. The second-order valence-electron chi connectivity index (χ2n) is 5.81. The normalized spacial score (nSPS) is 15.0. The van der Waals surface area contributed by atoms with Crippen LogP contribution in [0.4, 0.5) is 5.69 Å². The van der Waals surface area contributed by atoms with Gasteiger partial charge >= 0.3 is 0 Å². The van der Waals surface area contributed by atoms with E-state index in [0.717, 1.165) is 32.4 Å². The highest BCUT2D eigenvalue weighted by Crippen LogP contribution is 2.33. The van der Waals surface area contributed by atoms with E-state index in [1.165, 1.54) is 11.3 Å². The SMILES string of the molecule is CC(NC(=O)c1cc(Br)c(Br)s1)c1ccc(NC(=O)C2CC2)cc1. The van der Waals surface area contributed by atoms with E-state index in [9.17, 15) is 9.59 Å². The van der Waals surface area contributed by atoms with Crippen LogP contribution < -0.4 is 10.6 Å². The van der Waals surface area contributed by atoms with Crippen LogP contribution in [0.3, 0.4) is 0 Å². The van der Waals surface area contributed by atoms with Crippen molar-refractivity contribution < 1.29 is 9.59 Å². The minimum absolute atomic E-state index is 0.0953. The molecule has 1 aliphatic carbocycles. The van der Waals surface area contributed by atoms with Gasteiger partial charge in [-0.1, -0.05) is 12.1 Å². The van der Waals surface area contributed by atoms with Gasteiger partial charge in [0.2, 0.25) is 5.91 Å². The number of halogens is 2. The van der Waals surface area contributed by atoms with E-state index < -0.39 is 0 Å². The van der Waals surface area contributed by atoms with Crippen LogP contribution in [0.25, 0.3) is 0 Å². The van der Waals surface area contributed by atoms with Crippen molar-refractivity contribution in [2.75, 3.05) is 5.32 Å². The molecule has 4 nitrogen and oxygen atoms in total. The number of benzene rings is 1. The van der Waals surface area contributed by atoms with E-state index in [0.29, 0.717) is 4.88 Å². The number of nitrogens with one attached hydrogen (secondary N) is 2. The highest BCUT2D eigenvalue weighted by atomic mass is 79.9. The second kappa shape index (κ2) is 7.37. The Morgan fingerprint density at radius 1 is 1.21 bits per heavy atom. The molecular formula is C17H16Br2N2O2S. The standard InChI is InChI=1S/C17H16Br2N2O2S/c1-9(20-17(23)14-8-13(18)15(19)24-14)10-4-6-12(7-5-10)21-16(22)11-2-3-11/h4-9,11H,2-3H2,1H3,(H,20,23)(H,21,22). The number of hydrogen-bond donors (Lipinski definition) is 2. The third-order valence-electron chi connectivity index (χ3n) is 3.84. The molecule has 7 heteroatoms. The first-order valence-corrected chi connectivity index (χ1v) is 10.0. The summed E-state index contributed by atoms with van der Waals surface area (Å²) in [6.07, 6.45) is 1.98. The Morgan fingerprint density at radius 2 is 1.88 bits per heavy atom. The molecule has 1 fully saturated rings. The van der Waals surface area contributed by atoms with Crippen LogP contribution in [0.1, 0.15) is 41.0 Å². The number of amides is 2. The highest BCUT2D eigenvalue weighted by Gasteiger charge is 2.29. The van der Waals surface area contributed by atoms with Gasteiger partial charge in [0.05, 0.1) is 14.7 Å². The lowest BCUT2D eigenvalue weighted by Crippen LogP contribution is -2.25. The summed E-state index contributed by atoms with van der Waals surface area (Å²) < 4.78 is 1.78. The maximum atomic E-state index is 12.3. The van der Waals surface area contributed by atoms with Crippen molar-refractivity contribution in [1.29, 1.82) is 0 Å². The molecule has 0 saturated heterocycles. The predicted molar refractivity (Wildman–Crippen MR) is 103 cm³/mol. The lowest BCUT2D eigenvalue weighted by atomic mass is 10.1. The molecule has 0 radical (unpaired) electrons. The number of hydrogen-bond acceptors (Lipinski definition) is 3. The number of carbonyl (C=O) groups excluding carboxylic acids is 2. The zero-order valence-electron chi connectivity index (χ0n) is 12.9. The summed E-state index contributed by atoms with van der Waals surface area (Å²) in [4.78, 5) is 24.7. The minimum Gasteiger partial charge on any atom is -0.345 e. The Labute approximate surface area is 161 Å². The van der Waals surface area contributed by atoms with Gasteiger partial charge in [-0.2, -0.15) is 0 Å². The van der Waals surface area contributed by atoms with Crippen molar-refractivity contribution in [3.63, 3.8) is 0 Å². The molecule has 1 aromatic carbocycles. The average molecular weight is 472 g/mol. The van der Waals surface area contributed by atoms with Gasteiger partial charge in [-0.25, -0.2) is 0 Å². The summed E-state index contributed by atoms with van der Waals surface area (Å²) in [7, 11) is 0. The highest BCUT2D eigenvalue weighted by molar-refractivity contribution is 9.13. The summed E-state index contributed by atoms with van der Waals surface area (Å²) in [5.41, 5.74) is 1.78. The van der Waals surface area contributed by atoms with E-state index in [1.807, 2.05) is 31.2 Å². The van der Waals surface area contributed by atoms with Crippen molar-refractivity contribution in [2.45, 2.75) is 25.8 Å². The second-order valence-corrected chi connectivity index (χ2v) is 9.04. The molecule has 1 aromatic heterocycles. The van der Waals surface area contributed by atoms with E-state index in [4.69, 9.17) is 0 Å². The summed E-state index contributed by atoms with van der Waals surface area (Å²) in [5, 5.41) is 5.89. The Bertz CT molecular complexity index is 750. The van der Waals surface area contributed by atoms with Crippen molar-refractivity contribution in [1.82, 2.24) is 5.32 Å². The molecule has 1 atom stereocenters. The van der Waals surface area contributed by atoms with Crippen LogP contribution in [0.2, 0.25) is 0 Å². The lowest BCUT2D eigenvalue weighted by molar-refractivity contribution is -0.117. The zero-order valence-corrected chi connectivity index (χ0v) is 16.9. The molecule has 3 rings (SSSR count). The van der Waals surface area contributed by atoms with Crippen LogP contribution in [-0.4, -0.2) is 11.8 Å². The lowest BCUT2D eigenvalue weighted by Gasteiger charge is -2.14. The monoisotopic (exact) mass is 470 g/mol. The van der Waals surface area contributed by atoms with Gasteiger partial charge in [0.15, 0.2) is 0 Å². The molecule has 0 spiro atoms. The molecule has 126 valence electrons. The summed E-state index contributed by atoms with van der Waals surface area (Å²) >= 11 is 8.17. The molecule has 0 aliphatic heterocycles. The van der Waals surface area contributed by atoms with E-state index >= 15 is 0 Å². The number of rotatable bonds is 5. The summed E-state index contributed by atoms with van der Waals surface area (Å²) in [6.45, 7) is 1.94. The zero-order chi connectivity index (χ0) is 17.3. The molecule has 2 amide bonds. The van der Waals surface area contributed by atoms with Crippen molar-refractivity contribution in [2.24, 2.45) is 5.92 Å². The summed E-state index contributed by atoms with van der Waals surface area (Å²) in [5.74, 6) is 0.176. The van der Waals surface area contributed by atoms with Crippen LogP contribution in [0.5, 0.6) is 0 Å². The van der Waals surface area contributed by atoms with Crippen LogP contribution >= 0.6 is 43.2 Å². The largest absolute Gasteiger partial charge is 0.345 e. The van der Waals surface area contributed by atoms with Gasteiger partial charge in [-0.05, 0) is 75.4 Å². The smallest absolute Gasteiger partial charge is 0.261 e. The maximum absolute atomic E-state index is 12.3. The Hall–Kier alpha value is -1.18. The Balaban J connectivity index is 1.60. The fraction of sp³-hybridized carbons (Fsp3) is 0.294. The van der Waals surface area contributed by atoms with Gasteiger partial charge in [0.25, 0.3) is 5.91 Å². The third-order valence-corrected chi connectivity index (χ3v) is 7.10. The molecule has 1 aliphatic rings. The number of anilines is 1. The Morgan fingerprint density at radius 3 is 2.42 bits per heavy atom. The first-order valence-electron chi connectivity index (χ1n) is 7.60. The molecule has 1 saturated carbocycles. The van der Waals surface area contributed by atoms with Gasteiger partial charge < -0.3 is 10.6 Å². The van der Waals surface area contributed by atoms with Crippen molar-refractivity contribution in [3.05, 3.63) is 49.0 Å². The van der Waals surface area contributed by atoms with E-state index in [-0.39, 0.29) is 23.8 Å². The molecule has 1 heterocycles. The fourth-order valence-electron chi connectivity index (χ4n) is 2.25. The van der Waals surface area contributed by atoms with Crippen molar-refractivity contribution in [3.8, 4) is 0 Å². The molecular weight excluding hydrogens is 456 g/mol. The molecule has 0 bridgehead atoms. The average Bonchev–Trinajstić information content (AvgIpc) is 3.34. The minimum atomic E-state index is -0.120. The first-order chi connectivity index (χ1) is 11.4. The molecule has 2 N–H and O–H groups in total. The number of carbonyl (C=O) groups is 2. The topological polar surface area (TPSA) is 58.2 Å². The molecule has 1 unspecified atom stereocenters. The fourth-order valence-corrected chi connectivity index (χ4v) is 4.19. The van der Waals surface area contributed by atoms with Gasteiger partial charge in [-0.3, -0.25) is 9.59 Å². The quantitative estimate of drug-likeness (QED) is 0.636. The third kappa shape index (κ3) is 4.26. The molecule has 2 aromatic rings. The van der Waals surface area contributed by atoms with Gasteiger partial charge in [-0.15, -0.1) is 11.3 Å². The Kier molecular flexibility index (Phi) is 5.42.